The average Bonchev–Trinajstić information content (AvgIpc) is 2.44. The number of nitriles is 1. The Kier molecular flexibility index (Phi) is 1.67. The van der Waals surface area contributed by atoms with Gasteiger partial charge in [0.2, 0.25) is 0 Å². The van der Waals surface area contributed by atoms with E-state index in [0.29, 0.717) is 17.0 Å². The van der Waals surface area contributed by atoms with Crippen molar-refractivity contribution in [2.45, 2.75) is 0 Å². The Morgan fingerprint density at radius 2 is 2.38 bits per heavy atom. The summed E-state index contributed by atoms with van der Waals surface area (Å²) >= 11 is 3.28. The van der Waals surface area contributed by atoms with Crippen molar-refractivity contribution in [1.82, 2.24) is 14.6 Å². The number of halogens is 1. The van der Waals surface area contributed by atoms with Crippen LogP contribution in [0.1, 0.15) is 5.69 Å². The highest BCUT2D eigenvalue weighted by Gasteiger charge is 2.10. The molecule has 0 aliphatic carbocycles. The van der Waals surface area contributed by atoms with Crippen molar-refractivity contribution in [2.24, 2.45) is 0 Å². The third-order valence-corrected chi connectivity index (χ3v) is 2.26. The first kappa shape index (κ1) is 8.01. The second-order valence-electron chi connectivity index (χ2n) is 2.40. The van der Waals surface area contributed by atoms with Gasteiger partial charge in [0.15, 0.2) is 5.82 Å². The van der Waals surface area contributed by atoms with Crippen LogP contribution in [-0.2, 0) is 0 Å². The van der Waals surface area contributed by atoms with Crippen LogP contribution < -0.4 is 5.73 Å². The molecule has 0 saturated heterocycles. The van der Waals surface area contributed by atoms with Crippen LogP contribution in [0.4, 0.5) is 5.82 Å². The molecule has 2 aromatic rings. The Morgan fingerprint density at radius 1 is 1.62 bits per heavy atom. The van der Waals surface area contributed by atoms with E-state index in [9.17, 15) is 0 Å². The van der Waals surface area contributed by atoms with Gasteiger partial charge in [-0.25, -0.2) is 9.50 Å². The fourth-order valence-corrected chi connectivity index (χ4v) is 1.69. The summed E-state index contributed by atoms with van der Waals surface area (Å²) < 4.78 is 2.18. The molecule has 0 aromatic carbocycles. The molecule has 0 fully saturated rings. The summed E-state index contributed by atoms with van der Waals surface area (Å²) in [6.45, 7) is 0. The number of nitrogen functional groups attached to an aromatic ring is 1. The third-order valence-electron chi connectivity index (χ3n) is 1.65. The molecule has 0 aliphatic rings. The Hall–Kier alpha value is -1.61. The Morgan fingerprint density at radius 3 is 3.08 bits per heavy atom. The molecule has 0 radical (unpaired) electrons. The van der Waals surface area contributed by atoms with Crippen LogP contribution in [0.15, 0.2) is 16.9 Å². The maximum absolute atomic E-state index is 8.75. The lowest BCUT2D eigenvalue weighted by atomic mass is 10.5. The third kappa shape index (κ3) is 1.05. The van der Waals surface area contributed by atoms with Gasteiger partial charge in [-0.15, -0.1) is 0 Å². The fourth-order valence-electron chi connectivity index (χ4n) is 1.10. The summed E-state index contributed by atoms with van der Waals surface area (Å²) in [4.78, 5) is 3.82. The van der Waals surface area contributed by atoms with E-state index < -0.39 is 0 Å². The number of anilines is 1. The zero-order valence-corrected chi connectivity index (χ0v) is 7.98. The van der Waals surface area contributed by atoms with Crippen molar-refractivity contribution < 1.29 is 0 Å². The van der Waals surface area contributed by atoms with Gasteiger partial charge in [0.05, 0.1) is 0 Å². The van der Waals surface area contributed by atoms with Crippen molar-refractivity contribution in [3.05, 3.63) is 22.6 Å². The molecule has 0 bridgehead atoms. The SMILES string of the molecule is N#Cc1cc(Br)c2c(N)ncnn12. The first-order valence-corrected chi connectivity index (χ1v) is 4.21. The molecule has 0 amide bonds. The second kappa shape index (κ2) is 2.71. The van der Waals surface area contributed by atoms with E-state index in [1.54, 1.807) is 6.07 Å². The van der Waals surface area contributed by atoms with Crippen LogP contribution in [-0.4, -0.2) is 14.6 Å². The van der Waals surface area contributed by atoms with Crippen molar-refractivity contribution in [1.29, 1.82) is 5.26 Å². The van der Waals surface area contributed by atoms with E-state index in [0.717, 1.165) is 4.47 Å². The molecule has 5 nitrogen and oxygen atoms in total. The number of nitrogens with two attached hydrogens (primary N) is 1. The number of hydrogen-bond acceptors (Lipinski definition) is 4. The Labute approximate surface area is 81.9 Å². The van der Waals surface area contributed by atoms with Gasteiger partial charge in [-0.3, -0.25) is 0 Å². The fraction of sp³-hybridized carbons (Fsp3) is 0. The summed E-state index contributed by atoms with van der Waals surface area (Å²) in [6, 6.07) is 3.66. The minimum atomic E-state index is 0.350. The molecule has 2 aromatic heterocycles. The van der Waals surface area contributed by atoms with Crippen LogP contribution in [0.5, 0.6) is 0 Å². The lowest BCUT2D eigenvalue weighted by molar-refractivity contribution is 0.893. The largest absolute Gasteiger partial charge is 0.382 e. The number of rotatable bonds is 0. The molecule has 0 atom stereocenters. The van der Waals surface area contributed by atoms with Crippen LogP contribution in [0.2, 0.25) is 0 Å². The normalized spacial score (nSPS) is 10.2. The molecule has 2 rings (SSSR count). The van der Waals surface area contributed by atoms with E-state index in [1.807, 2.05) is 6.07 Å². The zero-order valence-electron chi connectivity index (χ0n) is 6.40. The van der Waals surface area contributed by atoms with Crippen LogP contribution in [0, 0.1) is 11.3 Å². The molecule has 2 N–H and O–H groups in total. The van der Waals surface area contributed by atoms with Gasteiger partial charge < -0.3 is 5.73 Å². The van der Waals surface area contributed by atoms with Crippen molar-refractivity contribution >= 4 is 27.3 Å². The maximum atomic E-state index is 8.75. The van der Waals surface area contributed by atoms with Gasteiger partial charge in [0, 0.05) is 4.47 Å². The molecule has 6 heteroatoms. The topological polar surface area (TPSA) is 80.0 Å². The van der Waals surface area contributed by atoms with Crippen molar-refractivity contribution in [2.75, 3.05) is 5.73 Å². The zero-order chi connectivity index (χ0) is 9.42. The quantitative estimate of drug-likeness (QED) is 0.740. The summed E-state index contributed by atoms with van der Waals surface area (Å²) in [5.74, 6) is 0.350. The van der Waals surface area contributed by atoms with E-state index in [-0.39, 0.29) is 0 Å². The summed E-state index contributed by atoms with van der Waals surface area (Å²) in [5.41, 5.74) is 6.66. The molecular weight excluding hydrogens is 234 g/mol. The summed E-state index contributed by atoms with van der Waals surface area (Å²) in [6.07, 6.45) is 1.32. The number of nitrogens with zero attached hydrogens (tertiary/aromatic N) is 4. The Bertz CT molecular complexity index is 509. The van der Waals surface area contributed by atoms with Gasteiger partial charge in [-0.05, 0) is 22.0 Å². The van der Waals surface area contributed by atoms with E-state index in [2.05, 4.69) is 26.0 Å². The lowest BCUT2D eigenvalue weighted by Crippen LogP contribution is -2.00. The molecular formula is C7H4BrN5. The molecule has 0 saturated carbocycles. The van der Waals surface area contributed by atoms with Gasteiger partial charge in [-0.1, -0.05) is 0 Å². The Balaban J connectivity index is 2.98. The molecule has 0 unspecified atom stereocenters. The van der Waals surface area contributed by atoms with E-state index in [4.69, 9.17) is 11.0 Å². The number of hydrogen-bond donors (Lipinski definition) is 1. The predicted octanol–water partition coefficient (Wildman–Crippen LogP) is 0.946. The summed E-state index contributed by atoms with van der Waals surface area (Å²) in [5, 5.41) is 12.7. The minimum absolute atomic E-state index is 0.350. The predicted molar refractivity (Wildman–Crippen MR) is 49.8 cm³/mol. The average molecular weight is 238 g/mol. The molecule has 13 heavy (non-hydrogen) atoms. The van der Waals surface area contributed by atoms with Gasteiger partial charge >= 0.3 is 0 Å². The van der Waals surface area contributed by atoms with Crippen molar-refractivity contribution in [3.63, 3.8) is 0 Å². The highest BCUT2D eigenvalue weighted by Crippen LogP contribution is 2.24. The monoisotopic (exact) mass is 237 g/mol. The van der Waals surface area contributed by atoms with E-state index >= 15 is 0 Å². The summed E-state index contributed by atoms with van der Waals surface area (Å²) in [7, 11) is 0. The number of aromatic nitrogens is 3. The van der Waals surface area contributed by atoms with Crippen LogP contribution in [0.3, 0.4) is 0 Å². The minimum Gasteiger partial charge on any atom is -0.382 e. The second-order valence-corrected chi connectivity index (χ2v) is 3.25. The van der Waals surface area contributed by atoms with Gasteiger partial charge in [0.1, 0.15) is 23.6 Å². The lowest BCUT2D eigenvalue weighted by Gasteiger charge is -1.96. The highest BCUT2D eigenvalue weighted by molar-refractivity contribution is 9.10. The van der Waals surface area contributed by atoms with Crippen LogP contribution >= 0.6 is 15.9 Å². The van der Waals surface area contributed by atoms with E-state index in [1.165, 1.54) is 10.8 Å². The molecule has 2 heterocycles. The first-order chi connectivity index (χ1) is 6.24. The van der Waals surface area contributed by atoms with Crippen molar-refractivity contribution in [3.8, 4) is 6.07 Å². The maximum Gasteiger partial charge on any atom is 0.152 e. The first-order valence-electron chi connectivity index (χ1n) is 3.42. The molecule has 0 spiro atoms. The van der Waals surface area contributed by atoms with Crippen LogP contribution in [0.25, 0.3) is 5.52 Å². The standard InChI is InChI=1S/C7H4BrN5/c8-5-1-4(2-9)13-6(5)7(10)11-3-12-13/h1,3H,(H2,10,11,12). The van der Waals surface area contributed by atoms with Gasteiger partial charge in [-0.2, -0.15) is 10.4 Å². The highest BCUT2D eigenvalue weighted by atomic mass is 79.9. The van der Waals surface area contributed by atoms with Gasteiger partial charge in [0.25, 0.3) is 0 Å². The number of fused-ring (bicyclic) bond motifs is 1. The smallest absolute Gasteiger partial charge is 0.152 e. The molecule has 64 valence electrons. The molecule has 0 aliphatic heterocycles.